The highest BCUT2D eigenvalue weighted by Crippen LogP contribution is 2.30. The number of benzene rings is 2. The summed E-state index contributed by atoms with van der Waals surface area (Å²) in [6, 6.07) is 13.1. The van der Waals surface area contributed by atoms with Crippen molar-refractivity contribution in [2.75, 3.05) is 11.9 Å². The van der Waals surface area contributed by atoms with Crippen LogP contribution in [0, 0.1) is 0 Å². The molecule has 0 spiro atoms. The number of halogens is 2. The van der Waals surface area contributed by atoms with Crippen molar-refractivity contribution in [3.05, 3.63) is 75.0 Å². The largest absolute Gasteiger partial charge is 0.389 e. The summed E-state index contributed by atoms with van der Waals surface area (Å²) in [5.74, 6) is -0.262. The maximum atomic E-state index is 12.5. The highest BCUT2D eigenvalue weighted by molar-refractivity contribution is 9.10. The van der Waals surface area contributed by atoms with Crippen LogP contribution < -0.4 is 10.6 Å². The summed E-state index contributed by atoms with van der Waals surface area (Å²) >= 11 is 9.85. The molecule has 24 heavy (non-hydrogen) atoms. The quantitative estimate of drug-likeness (QED) is 0.748. The summed E-state index contributed by atoms with van der Waals surface area (Å²) in [6.07, 6.45) is 1.62. The third-order valence-electron chi connectivity index (χ3n) is 3.52. The van der Waals surface area contributed by atoms with Gasteiger partial charge in [-0.3, -0.25) is 4.79 Å². The van der Waals surface area contributed by atoms with E-state index in [1.807, 2.05) is 49.4 Å². The Bertz CT molecular complexity index is 861. The Balaban J connectivity index is 2.25. The summed E-state index contributed by atoms with van der Waals surface area (Å²) in [7, 11) is 0. The molecule has 2 aromatic carbocycles. The van der Waals surface area contributed by atoms with Crippen molar-refractivity contribution in [2.45, 2.75) is 6.92 Å². The first-order valence-corrected chi connectivity index (χ1v) is 8.65. The Labute approximate surface area is 153 Å². The molecule has 122 valence electrons. The molecule has 4 nitrogen and oxygen atoms in total. The van der Waals surface area contributed by atoms with Gasteiger partial charge in [0, 0.05) is 33.4 Å². The van der Waals surface area contributed by atoms with E-state index in [-0.39, 0.29) is 5.91 Å². The van der Waals surface area contributed by atoms with E-state index in [2.05, 4.69) is 31.6 Å². The second kappa shape index (κ2) is 7.20. The molecule has 0 radical (unpaired) electrons. The van der Waals surface area contributed by atoms with Crippen LogP contribution in [0.1, 0.15) is 18.1 Å². The number of benzodiazepines with no additional fused rings is 1. The fourth-order valence-corrected chi connectivity index (χ4v) is 2.98. The predicted octanol–water partition coefficient (Wildman–Crippen LogP) is 4.34. The predicted molar refractivity (Wildman–Crippen MR) is 102 cm³/mol. The number of nitrogens with one attached hydrogen (secondary N) is 2. The molecule has 2 N–H and O–H groups in total. The first kappa shape index (κ1) is 16.7. The van der Waals surface area contributed by atoms with Crippen LogP contribution >= 0.6 is 27.5 Å². The molecule has 0 saturated carbocycles. The molecule has 0 unspecified atom stereocenters. The topological polar surface area (TPSA) is 53.5 Å². The van der Waals surface area contributed by atoms with E-state index in [1.54, 1.807) is 6.20 Å². The van der Waals surface area contributed by atoms with Crippen LogP contribution in [0.5, 0.6) is 0 Å². The van der Waals surface area contributed by atoms with Gasteiger partial charge in [-0.15, -0.1) is 0 Å². The lowest BCUT2D eigenvalue weighted by Crippen LogP contribution is -2.15. The number of rotatable bonds is 3. The highest BCUT2D eigenvalue weighted by atomic mass is 79.9. The number of anilines is 1. The average molecular weight is 405 g/mol. The van der Waals surface area contributed by atoms with Gasteiger partial charge < -0.3 is 10.6 Å². The lowest BCUT2D eigenvalue weighted by molar-refractivity contribution is -0.112. The van der Waals surface area contributed by atoms with Crippen LogP contribution in [-0.2, 0) is 4.79 Å². The van der Waals surface area contributed by atoms with E-state index < -0.39 is 0 Å². The third kappa shape index (κ3) is 3.37. The zero-order valence-corrected chi connectivity index (χ0v) is 15.3. The number of carbonyl (C=O) groups excluding carboxylic acids is 1. The Morgan fingerprint density at radius 1 is 1.25 bits per heavy atom. The molecule has 1 aliphatic rings. The van der Waals surface area contributed by atoms with Crippen molar-refractivity contribution >= 4 is 44.8 Å². The minimum absolute atomic E-state index is 0.262. The minimum Gasteiger partial charge on any atom is -0.389 e. The van der Waals surface area contributed by atoms with Crippen LogP contribution in [-0.4, -0.2) is 18.2 Å². The van der Waals surface area contributed by atoms with Gasteiger partial charge in [-0.1, -0.05) is 45.7 Å². The SMILES string of the molecule is CCNC=C1N=C(c2ccccc2Cl)c2cc(Br)ccc2NC1=O. The van der Waals surface area contributed by atoms with Gasteiger partial charge >= 0.3 is 0 Å². The van der Waals surface area contributed by atoms with Crippen molar-refractivity contribution in [3.8, 4) is 0 Å². The molecule has 1 amide bonds. The van der Waals surface area contributed by atoms with Crippen molar-refractivity contribution in [3.63, 3.8) is 0 Å². The van der Waals surface area contributed by atoms with Gasteiger partial charge in [-0.2, -0.15) is 0 Å². The molecule has 0 aliphatic carbocycles. The molecule has 1 aliphatic heterocycles. The second-order valence-electron chi connectivity index (χ2n) is 5.17. The number of aliphatic imine (C=N–C) groups is 1. The zero-order valence-electron chi connectivity index (χ0n) is 12.9. The van der Waals surface area contributed by atoms with Crippen LogP contribution in [0.15, 0.2) is 63.8 Å². The van der Waals surface area contributed by atoms with E-state index >= 15 is 0 Å². The Kier molecular flexibility index (Phi) is 5.02. The fraction of sp³-hybridized carbons (Fsp3) is 0.111. The molecule has 0 aromatic heterocycles. The summed E-state index contributed by atoms with van der Waals surface area (Å²) in [5.41, 5.74) is 3.24. The van der Waals surface area contributed by atoms with E-state index in [9.17, 15) is 4.79 Å². The van der Waals surface area contributed by atoms with Crippen molar-refractivity contribution in [2.24, 2.45) is 4.99 Å². The lowest BCUT2D eigenvalue weighted by atomic mass is 10.0. The number of amides is 1. The van der Waals surface area contributed by atoms with Crippen molar-refractivity contribution in [1.29, 1.82) is 0 Å². The lowest BCUT2D eigenvalue weighted by Gasteiger charge is -2.11. The molecule has 0 fully saturated rings. The average Bonchev–Trinajstić information content (AvgIpc) is 2.70. The van der Waals surface area contributed by atoms with Gasteiger partial charge in [0.2, 0.25) is 0 Å². The maximum absolute atomic E-state index is 12.5. The minimum atomic E-state index is -0.262. The van der Waals surface area contributed by atoms with Crippen LogP contribution in [0.25, 0.3) is 0 Å². The standard InChI is InChI=1S/C18H15BrClN3O/c1-2-21-10-16-18(24)23-15-8-7-11(19)9-13(15)17(22-16)12-5-3-4-6-14(12)20/h3-10,21H,2H2,1H3,(H,23,24). The number of hydrogen-bond donors (Lipinski definition) is 2. The number of hydrogen-bond acceptors (Lipinski definition) is 3. The maximum Gasteiger partial charge on any atom is 0.275 e. The molecule has 2 aromatic rings. The van der Waals surface area contributed by atoms with E-state index in [1.165, 1.54) is 0 Å². The summed E-state index contributed by atoms with van der Waals surface area (Å²) in [6.45, 7) is 2.66. The van der Waals surface area contributed by atoms with Gasteiger partial charge in [-0.25, -0.2) is 4.99 Å². The van der Waals surface area contributed by atoms with E-state index in [4.69, 9.17) is 11.6 Å². The number of carbonyl (C=O) groups is 1. The Morgan fingerprint density at radius 2 is 2.04 bits per heavy atom. The second-order valence-corrected chi connectivity index (χ2v) is 6.49. The molecule has 0 atom stereocenters. The smallest absolute Gasteiger partial charge is 0.275 e. The zero-order chi connectivity index (χ0) is 17.1. The fourth-order valence-electron chi connectivity index (χ4n) is 2.39. The van der Waals surface area contributed by atoms with E-state index in [0.717, 1.165) is 15.6 Å². The summed E-state index contributed by atoms with van der Waals surface area (Å²) in [4.78, 5) is 17.1. The summed E-state index contributed by atoms with van der Waals surface area (Å²) in [5, 5.41) is 6.51. The Hall–Kier alpha value is -2.11. The van der Waals surface area contributed by atoms with Gasteiger partial charge in [0.15, 0.2) is 0 Å². The molecular formula is C18H15BrClN3O. The van der Waals surface area contributed by atoms with Crippen LogP contribution in [0.4, 0.5) is 5.69 Å². The molecule has 3 rings (SSSR count). The highest BCUT2D eigenvalue weighted by Gasteiger charge is 2.22. The first-order valence-electron chi connectivity index (χ1n) is 7.48. The normalized spacial score (nSPS) is 15.4. The molecule has 0 bridgehead atoms. The van der Waals surface area contributed by atoms with Crippen LogP contribution in [0.2, 0.25) is 5.02 Å². The first-order chi connectivity index (χ1) is 11.6. The van der Waals surface area contributed by atoms with E-state index in [0.29, 0.717) is 28.7 Å². The number of nitrogens with zero attached hydrogens (tertiary/aromatic N) is 1. The third-order valence-corrected chi connectivity index (χ3v) is 4.34. The van der Waals surface area contributed by atoms with Gasteiger partial charge in [0.1, 0.15) is 5.70 Å². The number of fused-ring (bicyclic) bond motifs is 1. The van der Waals surface area contributed by atoms with Crippen LogP contribution in [0.3, 0.4) is 0 Å². The molecule has 6 heteroatoms. The van der Waals surface area contributed by atoms with Gasteiger partial charge in [0.05, 0.1) is 11.4 Å². The molecule has 1 heterocycles. The Morgan fingerprint density at radius 3 is 2.79 bits per heavy atom. The van der Waals surface area contributed by atoms with Gasteiger partial charge in [0.25, 0.3) is 5.91 Å². The van der Waals surface area contributed by atoms with Gasteiger partial charge in [-0.05, 0) is 31.2 Å². The van der Waals surface area contributed by atoms with Crippen molar-refractivity contribution < 1.29 is 4.79 Å². The monoisotopic (exact) mass is 403 g/mol. The summed E-state index contributed by atoms with van der Waals surface area (Å²) < 4.78 is 0.898. The molecular weight excluding hydrogens is 390 g/mol. The molecule has 0 saturated heterocycles. The van der Waals surface area contributed by atoms with Crippen molar-refractivity contribution in [1.82, 2.24) is 5.32 Å².